The highest BCUT2D eigenvalue weighted by molar-refractivity contribution is 5.09. The second-order valence-electron chi connectivity index (χ2n) is 2.58. The smallest absolute Gasteiger partial charge is 0.0234 e. The van der Waals surface area contributed by atoms with Crippen LogP contribution in [-0.4, -0.2) is 19.0 Å². The van der Waals surface area contributed by atoms with Gasteiger partial charge in [0, 0.05) is 6.54 Å². The maximum atomic E-state index is 2.91. The maximum absolute atomic E-state index is 2.91. The Morgan fingerprint density at radius 1 is 1.40 bits per heavy atom. The molecule has 0 aliphatic carbocycles. The molecular weight excluding hydrogens is 122 g/mol. The monoisotopic (exact) mass is 133 g/mol. The molecule has 0 N–H and O–H groups in total. The van der Waals surface area contributed by atoms with Crippen molar-refractivity contribution >= 4 is 0 Å². The Kier molecular flexibility index (Phi) is 2.30. The molecule has 0 fully saturated rings. The van der Waals surface area contributed by atoms with Crippen LogP contribution in [0.3, 0.4) is 0 Å². The first-order valence-electron chi connectivity index (χ1n) is 3.30. The molecule has 1 aromatic rings. The van der Waals surface area contributed by atoms with Crippen LogP contribution in [0.15, 0.2) is 18.2 Å². The van der Waals surface area contributed by atoms with Crippen LogP contribution in [0, 0.1) is 12.1 Å². The molecule has 1 nitrogen and oxygen atoms in total. The van der Waals surface area contributed by atoms with Crippen LogP contribution in [-0.2, 0) is 6.54 Å². The van der Waals surface area contributed by atoms with Crippen molar-refractivity contribution in [3.05, 3.63) is 35.9 Å². The second kappa shape index (κ2) is 3.24. The molecule has 0 spiro atoms. The minimum atomic E-state index is 0.977. The van der Waals surface area contributed by atoms with E-state index in [1.807, 2.05) is 12.1 Å². The Morgan fingerprint density at radius 2 is 2.20 bits per heavy atom. The second-order valence-corrected chi connectivity index (χ2v) is 2.58. The van der Waals surface area contributed by atoms with Gasteiger partial charge in [-0.25, -0.2) is 0 Å². The zero-order valence-electron chi connectivity index (χ0n) is 6.39. The van der Waals surface area contributed by atoms with Gasteiger partial charge in [-0.2, -0.15) is 0 Å². The first-order valence-corrected chi connectivity index (χ1v) is 3.30. The Labute approximate surface area is 62.3 Å². The summed E-state index contributed by atoms with van der Waals surface area (Å²) < 4.78 is 0. The lowest BCUT2D eigenvalue weighted by Crippen LogP contribution is -2.10. The maximum Gasteiger partial charge on any atom is 0.0234 e. The highest BCUT2D eigenvalue weighted by Gasteiger charge is 1.90. The Bertz CT molecular complexity index is 179. The largest absolute Gasteiger partial charge is 0.305 e. The van der Waals surface area contributed by atoms with Crippen LogP contribution >= 0.6 is 0 Å². The molecule has 0 aliphatic rings. The zero-order chi connectivity index (χ0) is 7.40. The van der Waals surface area contributed by atoms with Crippen molar-refractivity contribution in [2.75, 3.05) is 14.1 Å². The van der Waals surface area contributed by atoms with Crippen molar-refractivity contribution in [1.82, 2.24) is 4.90 Å². The molecule has 52 valence electrons. The van der Waals surface area contributed by atoms with Gasteiger partial charge < -0.3 is 4.90 Å². The van der Waals surface area contributed by atoms with E-state index in [1.165, 1.54) is 5.56 Å². The lowest BCUT2D eigenvalue weighted by molar-refractivity contribution is 0.402. The summed E-state index contributed by atoms with van der Waals surface area (Å²) >= 11 is 0. The summed E-state index contributed by atoms with van der Waals surface area (Å²) in [6, 6.07) is 11.7. The van der Waals surface area contributed by atoms with Gasteiger partial charge in [0.05, 0.1) is 0 Å². The average molecular weight is 133 g/mol. The van der Waals surface area contributed by atoms with E-state index in [0.717, 1.165) is 6.54 Å². The van der Waals surface area contributed by atoms with Crippen LogP contribution in [0.4, 0.5) is 0 Å². The van der Waals surface area contributed by atoms with Gasteiger partial charge in [0.15, 0.2) is 0 Å². The summed E-state index contributed by atoms with van der Waals surface area (Å²) in [4.78, 5) is 2.13. The van der Waals surface area contributed by atoms with Gasteiger partial charge in [0.25, 0.3) is 0 Å². The lowest BCUT2D eigenvalue weighted by atomic mass is 10.2. The molecule has 0 atom stereocenters. The van der Waals surface area contributed by atoms with E-state index in [2.05, 4.69) is 37.2 Å². The molecular formula is C9H11N. The van der Waals surface area contributed by atoms with Crippen LogP contribution < -0.4 is 0 Å². The number of nitrogens with zero attached hydrogens (tertiary/aromatic N) is 1. The van der Waals surface area contributed by atoms with Gasteiger partial charge in [-0.1, -0.05) is 12.1 Å². The standard InChI is InChI=1S/C9H11N/c1-10(2)8-9-6-4-3-5-7-9/h4,6-7H,8H2,1-2H3. The molecule has 10 heavy (non-hydrogen) atoms. The van der Waals surface area contributed by atoms with E-state index >= 15 is 0 Å². The molecule has 1 rings (SSSR count). The third-order valence-corrected chi connectivity index (χ3v) is 1.22. The average Bonchev–Trinajstić information content (AvgIpc) is 1.88. The lowest BCUT2D eigenvalue weighted by Gasteiger charge is -2.07. The van der Waals surface area contributed by atoms with Crippen molar-refractivity contribution in [3.8, 4) is 0 Å². The van der Waals surface area contributed by atoms with E-state index in [-0.39, 0.29) is 0 Å². The van der Waals surface area contributed by atoms with Crippen LogP contribution in [0.25, 0.3) is 0 Å². The fourth-order valence-corrected chi connectivity index (χ4v) is 0.843. The van der Waals surface area contributed by atoms with Crippen molar-refractivity contribution < 1.29 is 0 Å². The predicted octanol–water partition coefficient (Wildman–Crippen LogP) is 1.35. The van der Waals surface area contributed by atoms with Crippen molar-refractivity contribution in [3.63, 3.8) is 0 Å². The zero-order valence-corrected chi connectivity index (χ0v) is 6.39. The van der Waals surface area contributed by atoms with Crippen molar-refractivity contribution in [1.29, 1.82) is 0 Å². The topological polar surface area (TPSA) is 3.24 Å². The van der Waals surface area contributed by atoms with Gasteiger partial charge in [0.1, 0.15) is 0 Å². The molecule has 0 aliphatic heterocycles. The van der Waals surface area contributed by atoms with Crippen LogP contribution in [0.1, 0.15) is 5.56 Å². The van der Waals surface area contributed by atoms with Gasteiger partial charge >= 0.3 is 0 Å². The molecule has 0 amide bonds. The Balaban J connectivity index is 2.59. The number of hydrogen-bond donors (Lipinski definition) is 0. The molecule has 0 bridgehead atoms. The summed E-state index contributed by atoms with van der Waals surface area (Å²) in [5.41, 5.74) is 1.28. The normalized spacial score (nSPS) is 9.50. The molecule has 1 heteroatoms. The first kappa shape index (κ1) is 7.11. The van der Waals surface area contributed by atoms with Gasteiger partial charge in [-0.3, -0.25) is 0 Å². The molecule has 1 aromatic carbocycles. The van der Waals surface area contributed by atoms with Gasteiger partial charge in [-0.15, -0.1) is 0 Å². The predicted molar refractivity (Wildman–Crippen MR) is 41.5 cm³/mol. The van der Waals surface area contributed by atoms with Crippen molar-refractivity contribution in [2.24, 2.45) is 0 Å². The molecule has 0 saturated carbocycles. The minimum Gasteiger partial charge on any atom is -0.305 e. The van der Waals surface area contributed by atoms with Crippen molar-refractivity contribution in [2.45, 2.75) is 6.54 Å². The molecule has 0 aromatic heterocycles. The summed E-state index contributed by atoms with van der Waals surface area (Å²) in [5.74, 6) is 0. The SMILES string of the molecule is CN(C)Cc1cc#ccc1. The molecule has 0 saturated heterocycles. The summed E-state index contributed by atoms with van der Waals surface area (Å²) in [6.07, 6.45) is 0. The Morgan fingerprint density at radius 3 is 2.70 bits per heavy atom. The molecule has 0 heterocycles. The van der Waals surface area contributed by atoms with E-state index in [0.29, 0.717) is 0 Å². The minimum absolute atomic E-state index is 0.977. The molecule has 0 unspecified atom stereocenters. The van der Waals surface area contributed by atoms with Crippen LogP contribution in [0.2, 0.25) is 0 Å². The van der Waals surface area contributed by atoms with E-state index in [9.17, 15) is 0 Å². The number of hydrogen-bond acceptors (Lipinski definition) is 1. The first-order chi connectivity index (χ1) is 4.79. The van der Waals surface area contributed by atoms with Crippen LogP contribution in [0.5, 0.6) is 0 Å². The fraction of sp³-hybridized carbons (Fsp3) is 0.333. The summed E-state index contributed by atoms with van der Waals surface area (Å²) in [6.45, 7) is 0.977. The summed E-state index contributed by atoms with van der Waals surface area (Å²) in [7, 11) is 4.10. The highest BCUT2D eigenvalue weighted by Crippen LogP contribution is 1.96. The fourth-order valence-electron chi connectivity index (χ4n) is 0.843. The third-order valence-electron chi connectivity index (χ3n) is 1.22. The van der Waals surface area contributed by atoms with E-state index in [1.54, 1.807) is 0 Å². The summed E-state index contributed by atoms with van der Waals surface area (Å²) in [5, 5.41) is 0. The number of rotatable bonds is 2. The quantitative estimate of drug-likeness (QED) is 0.588. The highest BCUT2D eigenvalue weighted by atomic mass is 15.0. The van der Waals surface area contributed by atoms with E-state index in [4.69, 9.17) is 0 Å². The van der Waals surface area contributed by atoms with Gasteiger partial charge in [-0.05, 0) is 37.9 Å². The van der Waals surface area contributed by atoms with Gasteiger partial charge in [0.2, 0.25) is 0 Å². The molecule has 0 radical (unpaired) electrons. The van der Waals surface area contributed by atoms with E-state index < -0.39 is 0 Å². The third kappa shape index (κ3) is 2.08. The Hall–Kier alpha value is -1.00.